The van der Waals surface area contributed by atoms with Crippen LogP contribution >= 0.6 is 11.6 Å². The standard InChI is InChI=1S/C13H18ClN/c1-13(9-3-2-4-10-15-13)11-5-7-12(14)8-6-11/h5-8,15H,2-4,9-10H2,1H3. The topological polar surface area (TPSA) is 12.0 Å². The number of hydrogen-bond acceptors (Lipinski definition) is 1. The first-order chi connectivity index (χ1) is 7.21. The largest absolute Gasteiger partial charge is 0.308 e. The predicted octanol–water partition coefficient (Wildman–Crippen LogP) is 3.72. The van der Waals surface area contributed by atoms with Gasteiger partial charge in [0, 0.05) is 10.6 Å². The van der Waals surface area contributed by atoms with E-state index in [-0.39, 0.29) is 5.54 Å². The first-order valence-electron chi connectivity index (χ1n) is 5.72. The molecule has 1 heterocycles. The fourth-order valence-electron chi connectivity index (χ4n) is 2.30. The van der Waals surface area contributed by atoms with E-state index in [4.69, 9.17) is 11.6 Å². The van der Waals surface area contributed by atoms with Crippen LogP contribution < -0.4 is 5.32 Å². The van der Waals surface area contributed by atoms with Crippen LogP contribution in [0.2, 0.25) is 5.02 Å². The second-order valence-corrected chi connectivity index (χ2v) is 5.01. The zero-order valence-corrected chi connectivity index (χ0v) is 9.98. The molecule has 1 nitrogen and oxygen atoms in total. The van der Waals surface area contributed by atoms with Crippen LogP contribution in [0.1, 0.15) is 38.2 Å². The van der Waals surface area contributed by atoms with Crippen LogP contribution in [0.25, 0.3) is 0 Å². The molecule has 2 rings (SSSR count). The van der Waals surface area contributed by atoms with Gasteiger partial charge in [-0.1, -0.05) is 36.6 Å². The van der Waals surface area contributed by atoms with Gasteiger partial charge in [-0.2, -0.15) is 0 Å². The fourth-order valence-corrected chi connectivity index (χ4v) is 2.42. The molecular weight excluding hydrogens is 206 g/mol. The summed E-state index contributed by atoms with van der Waals surface area (Å²) in [7, 11) is 0. The molecule has 1 atom stereocenters. The van der Waals surface area contributed by atoms with Crippen LogP contribution in [-0.2, 0) is 5.54 Å². The van der Waals surface area contributed by atoms with Crippen LogP contribution in [-0.4, -0.2) is 6.54 Å². The first kappa shape index (κ1) is 11.0. The molecule has 1 aromatic carbocycles. The molecule has 0 aliphatic carbocycles. The third-order valence-electron chi connectivity index (χ3n) is 3.35. The van der Waals surface area contributed by atoms with E-state index in [9.17, 15) is 0 Å². The summed E-state index contributed by atoms with van der Waals surface area (Å²) in [5.74, 6) is 0. The van der Waals surface area contributed by atoms with Gasteiger partial charge in [0.25, 0.3) is 0 Å². The Kier molecular flexibility index (Phi) is 3.32. The van der Waals surface area contributed by atoms with Crippen molar-refractivity contribution in [2.75, 3.05) is 6.54 Å². The molecule has 1 N–H and O–H groups in total. The third-order valence-corrected chi connectivity index (χ3v) is 3.60. The van der Waals surface area contributed by atoms with Crippen molar-refractivity contribution >= 4 is 11.6 Å². The van der Waals surface area contributed by atoms with E-state index in [0.29, 0.717) is 0 Å². The molecule has 0 amide bonds. The van der Waals surface area contributed by atoms with Crippen molar-refractivity contribution in [3.05, 3.63) is 34.9 Å². The van der Waals surface area contributed by atoms with E-state index in [0.717, 1.165) is 11.6 Å². The van der Waals surface area contributed by atoms with Gasteiger partial charge in [0.2, 0.25) is 0 Å². The van der Waals surface area contributed by atoms with Crippen molar-refractivity contribution in [2.24, 2.45) is 0 Å². The molecular formula is C13H18ClN. The summed E-state index contributed by atoms with van der Waals surface area (Å²) in [6.45, 7) is 3.42. The zero-order chi connectivity index (χ0) is 10.7. The highest BCUT2D eigenvalue weighted by atomic mass is 35.5. The van der Waals surface area contributed by atoms with Crippen molar-refractivity contribution < 1.29 is 0 Å². The van der Waals surface area contributed by atoms with Gasteiger partial charge in [0.05, 0.1) is 0 Å². The zero-order valence-electron chi connectivity index (χ0n) is 9.22. The minimum absolute atomic E-state index is 0.140. The Morgan fingerprint density at radius 1 is 1.13 bits per heavy atom. The molecule has 82 valence electrons. The maximum atomic E-state index is 5.91. The van der Waals surface area contributed by atoms with E-state index in [2.05, 4.69) is 24.4 Å². The van der Waals surface area contributed by atoms with E-state index < -0.39 is 0 Å². The van der Waals surface area contributed by atoms with Crippen LogP contribution in [0, 0.1) is 0 Å². The second-order valence-electron chi connectivity index (χ2n) is 4.58. The number of halogens is 1. The lowest BCUT2D eigenvalue weighted by molar-refractivity contribution is 0.359. The molecule has 0 saturated carbocycles. The Balaban J connectivity index is 2.22. The molecule has 1 fully saturated rings. The number of nitrogens with one attached hydrogen (secondary N) is 1. The smallest absolute Gasteiger partial charge is 0.0406 e. The van der Waals surface area contributed by atoms with Gasteiger partial charge in [0.1, 0.15) is 0 Å². The van der Waals surface area contributed by atoms with Crippen molar-refractivity contribution in [2.45, 2.75) is 38.1 Å². The van der Waals surface area contributed by atoms with Gasteiger partial charge in [0.15, 0.2) is 0 Å². The van der Waals surface area contributed by atoms with Crippen molar-refractivity contribution in [1.82, 2.24) is 5.32 Å². The molecule has 0 spiro atoms. The molecule has 1 unspecified atom stereocenters. The van der Waals surface area contributed by atoms with Gasteiger partial charge in [-0.05, 0) is 44.0 Å². The van der Waals surface area contributed by atoms with Crippen LogP contribution in [0.5, 0.6) is 0 Å². The van der Waals surface area contributed by atoms with Gasteiger partial charge >= 0.3 is 0 Å². The molecule has 1 aliphatic heterocycles. The first-order valence-corrected chi connectivity index (χ1v) is 6.10. The third kappa shape index (κ3) is 2.53. The molecule has 0 radical (unpaired) electrons. The minimum atomic E-state index is 0.140. The van der Waals surface area contributed by atoms with E-state index in [1.807, 2.05) is 12.1 Å². The maximum Gasteiger partial charge on any atom is 0.0406 e. The number of benzene rings is 1. The highest BCUT2D eigenvalue weighted by Gasteiger charge is 2.26. The fraction of sp³-hybridized carbons (Fsp3) is 0.538. The summed E-state index contributed by atoms with van der Waals surface area (Å²) >= 11 is 5.91. The molecule has 0 bridgehead atoms. The highest BCUT2D eigenvalue weighted by molar-refractivity contribution is 6.30. The second kappa shape index (κ2) is 4.54. The number of hydrogen-bond donors (Lipinski definition) is 1. The van der Waals surface area contributed by atoms with Gasteiger partial charge in [-0.25, -0.2) is 0 Å². The normalized spacial score (nSPS) is 27.3. The summed E-state index contributed by atoms with van der Waals surface area (Å²) in [5.41, 5.74) is 1.50. The van der Waals surface area contributed by atoms with Gasteiger partial charge in [-0.3, -0.25) is 0 Å². The summed E-state index contributed by atoms with van der Waals surface area (Å²) in [4.78, 5) is 0. The number of rotatable bonds is 1. The Morgan fingerprint density at radius 2 is 1.87 bits per heavy atom. The Labute approximate surface area is 96.8 Å². The van der Waals surface area contributed by atoms with Crippen molar-refractivity contribution in [1.29, 1.82) is 0 Å². The van der Waals surface area contributed by atoms with E-state index in [1.165, 1.54) is 31.2 Å². The van der Waals surface area contributed by atoms with Crippen molar-refractivity contribution in [3.63, 3.8) is 0 Å². The summed E-state index contributed by atoms with van der Waals surface area (Å²) in [6, 6.07) is 8.24. The molecule has 1 saturated heterocycles. The average Bonchev–Trinajstić information content (AvgIpc) is 2.45. The van der Waals surface area contributed by atoms with Crippen LogP contribution in [0.4, 0.5) is 0 Å². The highest BCUT2D eigenvalue weighted by Crippen LogP contribution is 2.29. The lowest BCUT2D eigenvalue weighted by atomic mass is 9.88. The summed E-state index contributed by atoms with van der Waals surface area (Å²) < 4.78 is 0. The summed E-state index contributed by atoms with van der Waals surface area (Å²) in [6.07, 6.45) is 5.17. The summed E-state index contributed by atoms with van der Waals surface area (Å²) in [5, 5.41) is 4.47. The molecule has 1 aromatic rings. The molecule has 15 heavy (non-hydrogen) atoms. The van der Waals surface area contributed by atoms with E-state index in [1.54, 1.807) is 0 Å². The van der Waals surface area contributed by atoms with Crippen LogP contribution in [0.15, 0.2) is 24.3 Å². The molecule has 1 aliphatic rings. The minimum Gasteiger partial charge on any atom is -0.308 e. The molecule has 2 heteroatoms. The van der Waals surface area contributed by atoms with Gasteiger partial charge < -0.3 is 5.32 Å². The lowest BCUT2D eigenvalue weighted by Gasteiger charge is -2.30. The van der Waals surface area contributed by atoms with Crippen molar-refractivity contribution in [3.8, 4) is 0 Å². The average molecular weight is 224 g/mol. The van der Waals surface area contributed by atoms with E-state index >= 15 is 0 Å². The predicted molar refractivity (Wildman–Crippen MR) is 65.3 cm³/mol. The maximum absolute atomic E-state index is 5.91. The molecule has 0 aromatic heterocycles. The van der Waals surface area contributed by atoms with Crippen LogP contribution in [0.3, 0.4) is 0 Å². The van der Waals surface area contributed by atoms with Gasteiger partial charge in [-0.15, -0.1) is 0 Å². The monoisotopic (exact) mass is 223 g/mol. The Bertz CT molecular complexity index is 310. The Morgan fingerprint density at radius 3 is 2.60 bits per heavy atom. The quantitative estimate of drug-likeness (QED) is 0.765. The SMILES string of the molecule is CC1(c2ccc(Cl)cc2)CCCCCN1. The lowest BCUT2D eigenvalue weighted by Crippen LogP contribution is -2.38. The Hall–Kier alpha value is -0.530.